The molecule has 0 aliphatic rings. The summed E-state index contributed by atoms with van der Waals surface area (Å²) in [7, 11) is 0. The number of hydrogen-bond acceptors (Lipinski definition) is 3. The van der Waals surface area contributed by atoms with E-state index in [1.807, 2.05) is 26.0 Å². The fourth-order valence-corrected chi connectivity index (χ4v) is 3.66. The molecule has 0 aromatic heterocycles. The molecule has 28 heavy (non-hydrogen) atoms. The molecule has 0 fully saturated rings. The maximum Gasteiger partial charge on any atom is 0.0684 e. The van der Waals surface area contributed by atoms with Crippen LogP contribution in [-0.2, 0) is 19.6 Å². The maximum absolute atomic E-state index is 9.53. The summed E-state index contributed by atoms with van der Waals surface area (Å²) in [5, 5.41) is 19.1. The number of aryl methyl sites for hydroxylation is 4. The van der Waals surface area contributed by atoms with Crippen LogP contribution in [0.1, 0.15) is 40.3 Å². The minimum Gasteiger partial charge on any atom is -0.392 e. The molecule has 0 unspecified atom stereocenters. The largest absolute Gasteiger partial charge is 0.392 e. The van der Waals surface area contributed by atoms with Crippen molar-refractivity contribution in [3.8, 4) is 0 Å². The van der Waals surface area contributed by atoms with Gasteiger partial charge >= 0.3 is 0 Å². The van der Waals surface area contributed by atoms with Crippen molar-refractivity contribution < 1.29 is 10.2 Å². The van der Waals surface area contributed by atoms with Crippen LogP contribution in [0.25, 0.3) is 0 Å². The number of anilines is 3. The molecule has 0 spiro atoms. The molecule has 0 saturated heterocycles. The highest BCUT2D eigenvalue weighted by Crippen LogP contribution is 2.37. The van der Waals surface area contributed by atoms with E-state index in [0.29, 0.717) is 0 Å². The highest BCUT2D eigenvalue weighted by Gasteiger charge is 2.15. The van der Waals surface area contributed by atoms with Gasteiger partial charge in [0.25, 0.3) is 0 Å². The molecule has 146 valence electrons. The lowest BCUT2D eigenvalue weighted by Crippen LogP contribution is -2.11. The topological polar surface area (TPSA) is 43.7 Å². The Balaban J connectivity index is 2.17. The van der Waals surface area contributed by atoms with Crippen molar-refractivity contribution in [2.45, 2.75) is 47.3 Å². The third-order valence-corrected chi connectivity index (χ3v) is 5.47. The van der Waals surface area contributed by atoms with Gasteiger partial charge in [-0.3, -0.25) is 0 Å². The average molecular weight is 376 g/mol. The number of hydrogen-bond donors (Lipinski definition) is 2. The van der Waals surface area contributed by atoms with Crippen LogP contribution in [0.3, 0.4) is 0 Å². The fourth-order valence-electron chi connectivity index (χ4n) is 3.66. The summed E-state index contributed by atoms with van der Waals surface area (Å²) < 4.78 is 0. The van der Waals surface area contributed by atoms with Crippen molar-refractivity contribution in [1.29, 1.82) is 0 Å². The van der Waals surface area contributed by atoms with Crippen molar-refractivity contribution in [2.75, 3.05) is 4.90 Å². The van der Waals surface area contributed by atoms with Crippen LogP contribution in [0.5, 0.6) is 0 Å². The average Bonchev–Trinajstić information content (AvgIpc) is 2.69. The van der Waals surface area contributed by atoms with Crippen LogP contribution >= 0.6 is 0 Å². The predicted molar refractivity (Wildman–Crippen MR) is 117 cm³/mol. The zero-order chi connectivity index (χ0) is 20.3. The van der Waals surface area contributed by atoms with Crippen molar-refractivity contribution in [3.63, 3.8) is 0 Å². The van der Waals surface area contributed by atoms with E-state index in [-0.39, 0.29) is 13.2 Å². The van der Waals surface area contributed by atoms with Gasteiger partial charge in [0.1, 0.15) is 0 Å². The molecule has 2 N–H and O–H groups in total. The zero-order valence-electron chi connectivity index (χ0n) is 17.2. The standard InChI is InChI=1S/C25H29NO2/c1-5-20-6-9-23(12-17(20)2)26(24-10-7-21(15-27)18(3)13-24)25-11-8-22(16-28)19(4)14-25/h6-14,27-28H,5,15-16H2,1-4H3. The summed E-state index contributed by atoms with van der Waals surface area (Å²) in [6.45, 7) is 8.47. The minimum atomic E-state index is 0.0424. The molecule has 0 bridgehead atoms. The number of rotatable bonds is 6. The van der Waals surface area contributed by atoms with E-state index in [9.17, 15) is 10.2 Å². The Morgan fingerprint density at radius 2 is 0.964 bits per heavy atom. The van der Waals surface area contributed by atoms with Gasteiger partial charge in [0.05, 0.1) is 13.2 Å². The van der Waals surface area contributed by atoms with Crippen LogP contribution in [0.4, 0.5) is 17.1 Å². The first-order valence-corrected chi connectivity index (χ1v) is 9.79. The molecule has 0 aliphatic carbocycles. The number of benzene rings is 3. The lowest BCUT2D eigenvalue weighted by Gasteiger charge is -2.27. The molecule has 0 aliphatic heterocycles. The first-order chi connectivity index (χ1) is 13.5. The maximum atomic E-state index is 9.53. The monoisotopic (exact) mass is 375 g/mol. The third-order valence-electron chi connectivity index (χ3n) is 5.47. The highest BCUT2D eigenvalue weighted by molar-refractivity contribution is 5.78. The van der Waals surface area contributed by atoms with Gasteiger partial charge in [0.15, 0.2) is 0 Å². The summed E-state index contributed by atoms with van der Waals surface area (Å²) >= 11 is 0. The Kier molecular flexibility index (Phi) is 6.18. The van der Waals surface area contributed by atoms with Crippen molar-refractivity contribution in [3.05, 3.63) is 88.0 Å². The van der Waals surface area contributed by atoms with Crippen LogP contribution in [-0.4, -0.2) is 10.2 Å². The molecule has 3 rings (SSSR count). The SMILES string of the molecule is CCc1ccc(N(c2ccc(CO)c(C)c2)c2ccc(CO)c(C)c2)cc1C. The second kappa shape index (κ2) is 8.59. The second-order valence-electron chi connectivity index (χ2n) is 7.34. The normalized spacial score (nSPS) is 10.9. The van der Waals surface area contributed by atoms with Crippen LogP contribution in [0.2, 0.25) is 0 Å². The van der Waals surface area contributed by atoms with Crippen molar-refractivity contribution >= 4 is 17.1 Å². The summed E-state index contributed by atoms with van der Waals surface area (Å²) in [6.07, 6.45) is 1.01. The van der Waals surface area contributed by atoms with Gasteiger partial charge in [-0.15, -0.1) is 0 Å². The smallest absolute Gasteiger partial charge is 0.0684 e. The molecule has 3 aromatic rings. The Bertz CT molecular complexity index is 851. The van der Waals surface area contributed by atoms with Crippen LogP contribution in [0, 0.1) is 20.8 Å². The van der Waals surface area contributed by atoms with Gasteiger partial charge < -0.3 is 15.1 Å². The van der Waals surface area contributed by atoms with Gasteiger partial charge in [0.2, 0.25) is 0 Å². The van der Waals surface area contributed by atoms with Gasteiger partial charge in [-0.25, -0.2) is 0 Å². The lowest BCUT2D eigenvalue weighted by molar-refractivity contribution is 0.281. The highest BCUT2D eigenvalue weighted by atomic mass is 16.3. The van der Waals surface area contributed by atoms with Crippen LogP contribution in [0.15, 0.2) is 54.6 Å². The number of aliphatic hydroxyl groups excluding tert-OH is 2. The minimum absolute atomic E-state index is 0.0424. The Labute approximate surface area is 167 Å². The van der Waals surface area contributed by atoms with Crippen molar-refractivity contribution in [1.82, 2.24) is 0 Å². The van der Waals surface area contributed by atoms with E-state index < -0.39 is 0 Å². The first kappa shape index (κ1) is 20.1. The van der Waals surface area contributed by atoms with Gasteiger partial charge in [-0.2, -0.15) is 0 Å². The molecular formula is C25H29NO2. The molecule has 0 heterocycles. The lowest BCUT2D eigenvalue weighted by atomic mass is 10.0. The molecule has 0 saturated carbocycles. The van der Waals surface area contributed by atoms with E-state index >= 15 is 0 Å². The number of aliphatic hydroxyl groups is 2. The zero-order valence-corrected chi connectivity index (χ0v) is 17.2. The summed E-state index contributed by atoms with van der Waals surface area (Å²) in [4.78, 5) is 2.23. The number of nitrogens with zero attached hydrogens (tertiary/aromatic N) is 1. The molecule has 3 heteroatoms. The molecular weight excluding hydrogens is 346 g/mol. The van der Waals surface area contributed by atoms with E-state index in [0.717, 1.165) is 45.7 Å². The van der Waals surface area contributed by atoms with Gasteiger partial charge in [0, 0.05) is 17.1 Å². The Hall–Kier alpha value is -2.62. The molecule has 0 atom stereocenters. The second-order valence-corrected chi connectivity index (χ2v) is 7.34. The van der Waals surface area contributed by atoms with Gasteiger partial charge in [-0.05, 0) is 97.0 Å². The molecule has 0 radical (unpaired) electrons. The third kappa shape index (κ3) is 3.96. The summed E-state index contributed by atoms with van der Waals surface area (Å²) in [6, 6.07) is 18.9. The van der Waals surface area contributed by atoms with E-state index in [1.54, 1.807) is 0 Å². The van der Waals surface area contributed by atoms with Crippen LogP contribution < -0.4 is 4.90 Å². The molecule has 0 amide bonds. The predicted octanol–water partition coefficient (Wildman–Crippen LogP) is 5.63. The Morgan fingerprint density at radius 1 is 0.607 bits per heavy atom. The van der Waals surface area contributed by atoms with E-state index in [2.05, 4.69) is 61.2 Å². The first-order valence-electron chi connectivity index (χ1n) is 9.79. The fraction of sp³-hybridized carbons (Fsp3) is 0.280. The molecule has 3 aromatic carbocycles. The van der Waals surface area contributed by atoms with Gasteiger partial charge in [-0.1, -0.05) is 25.1 Å². The van der Waals surface area contributed by atoms with E-state index in [1.165, 1.54) is 11.1 Å². The van der Waals surface area contributed by atoms with E-state index in [4.69, 9.17) is 0 Å². The summed E-state index contributed by atoms with van der Waals surface area (Å²) in [5.74, 6) is 0. The Morgan fingerprint density at radius 3 is 1.25 bits per heavy atom. The quantitative estimate of drug-likeness (QED) is 0.587. The van der Waals surface area contributed by atoms with Crippen molar-refractivity contribution in [2.24, 2.45) is 0 Å². The summed E-state index contributed by atoms with van der Waals surface area (Å²) in [5.41, 5.74) is 9.83. The molecule has 3 nitrogen and oxygen atoms in total.